The monoisotopic (exact) mass is 548 g/mol. The Hall–Kier alpha value is -3.81. The van der Waals surface area contributed by atoms with Crippen LogP contribution in [-0.2, 0) is 14.8 Å². The molecule has 8 heteroatoms. The molecule has 4 rings (SSSR count). The van der Waals surface area contributed by atoms with Gasteiger partial charge in [0.2, 0.25) is 5.91 Å². The molecular weight excluding hydrogens is 520 g/mol. The van der Waals surface area contributed by atoms with Crippen LogP contribution in [0.2, 0.25) is 5.02 Å². The van der Waals surface area contributed by atoms with Gasteiger partial charge in [0.1, 0.15) is 12.3 Å². The van der Waals surface area contributed by atoms with E-state index >= 15 is 0 Å². The lowest BCUT2D eigenvalue weighted by atomic mass is 9.95. The highest BCUT2D eigenvalue weighted by Gasteiger charge is 2.30. The maximum Gasteiger partial charge on any atom is 0.264 e. The predicted octanol–water partition coefficient (Wildman–Crippen LogP) is 6.15. The lowest BCUT2D eigenvalue weighted by molar-refractivity contribution is -0.120. The quantitative estimate of drug-likeness (QED) is 0.258. The number of para-hydroxylation sites is 2. The second kappa shape index (κ2) is 12.2. The third-order valence-electron chi connectivity index (χ3n) is 6.06. The molecule has 0 saturated carbocycles. The fraction of sp³-hybridized carbons (Fsp3) is 0.167. The summed E-state index contributed by atoms with van der Waals surface area (Å²) in [5.41, 5.74) is 3.09. The summed E-state index contributed by atoms with van der Waals surface area (Å²) in [6.45, 7) is 3.67. The number of aryl methyl sites for hydroxylation is 1. The van der Waals surface area contributed by atoms with Crippen LogP contribution in [0.25, 0.3) is 0 Å². The molecule has 0 bridgehead atoms. The van der Waals surface area contributed by atoms with Gasteiger partial charge in [-0.1, -0.05) is 78.3 Å². The highest BCUT2D eigenvalue weighted by atomic mass is 35.5. The Morgan fingerprint density at radius 1 is 0.895 bits per heavy atom. The summed E-state index contributed by atoms with van der Waals surface area (Å²) in [5, 5.41) is 3.48. The van der Waals surface area contributed by atoms with E-state index in [1.54, 1.807) is 24.3 Å². The number of carbonyl (C=O) groups is 1. The van der Waals surface area contributed by atoms with Gasteiger partial charge in [-0.05, 0) is 66.9 Å². The van der Waals surface area contributed by atoms with Gasteiger partial charge in [-0.2, -0.15) is 0 Å². The Morgan fingerprint density at radius 2 is 1.53 bits per heavy atom. The number of nitrogens with one attached hydrogen (secondary N) is 1. The minimum atomic E-state index is -4.15. The van der Waals surface area contributed by atoms with Crippen molar-refractivity contribution in [1.82, 2.24) is 5.32 Å². The molecule has 0 saturated heterocycles. The standard InChI is InChI=1S/C30H29ClN2O4S/c1-3-37-28-16-10-9-15-27(28)33(38(35,36)25-19-17-24(31)18-20-25)21-29(34)32-30(23-12-5-4-6-13-23)26-14-8-7-11-22(26)2/h4-20,30H,3,21H2,1-2H3,(H,32,34)/t30-/m0/s1. The first-order valence-corrected chi connectivity index (χ1v) is 14.0. The molecule has 0 radical (unpaired) electrons. The summed E-state index contributed by atoms with van der Waals surface area (Å²) in [6.07, 6.45) is 0. The molecule has 0 aromatic heterocycles. The average molecular weight is 549 g/mol. The van der Waals surface area contributed by atoms with Crippen molar-refractivity contribution in [2.45, 2.75) is 24.8 Å². The summed E-state index contributed by atoms with van der Waals surface area (Å²) in [7, 11) is -4.15. The van der Waals surface area contributed by atoms with Gasteiger partial charge < -0.3 is 10.1 Å². The van der Waals surface area contributed by atoms with Crippen molar-refractivity contribution < 1.29 is 17.9 Å². The van der Waals surface area contributed by atoms with Crippen LogP contribution < -0.4 is 14.4 Å². The minimum Gasteiger partial charge on any atom is -0.492 e. The van der Waals surface area contributed by atoms with Crippen LogP contribution in [0.3, 0.4) is 0 Å². The number of rotatable bonds is 10. The molecule has 4 aromatic rings. The van der Waals surface area contributed by atoms with E-state index in [1.807, 2.05) is 68.4 Å². The van der Waals surface area contributed by atoms with E-state index in [0.29, 0.717) is 17.4 Å². The molecule has 0 unspecified atom stereocenters. The second-order valence-electron chi connectivity index (χ2n) is 8.63. The SMILES string of the molecule is CCOc1ccccc1N(CC(=O)N[C@@H](c1ccccc1)c1ccccc1C)S(=O)(=O)c1ccc(Cl)cc1. The third kappa shape index (κ3) is 6.18. The van der Waals surface area contributed by atoms with Gasteiger partial charge in [0, 0.05) is 5.02 Å². The van der Waals surface area contributed by atoms with Gasteiger partial charge in [-0.3, -0.25) is 9.10 Å². The van der Waals surface area contributed by atoms with Crippen LogP contribution in [-0.4, -0.2) is 27.5 Å². The van der Waals surface area contributed by atoms with E-state index in [-0.39, 0.29) is 10.6 Å². The molecule has 4 aromatic carbocycles. The van der Waals surface area contributed by atoms with E-state index in [4.69, 9.17) is 16.3 Å². The normalized spacial score (nSPS) is 12.0. The first-order valence-electron chi connectivity index (χ1n) is 12.2. The highest BCUT2D eigenvalue weighted by Crippen LogP contribution is 2.33. The van der Waals surface area contributed by atoms with E-state index in [9.17, 15) is 13.2 Å². The van der Waals surface area contributed by atoms with Gasteiger partial charge >= 0.3 is 0 Å². The van der Waals surface area contributed by atoms with E-state index < -0.39 is 28.5 Å². The molecule has 1 atom stereocenters. The van der Waals surface area contributed by atoms with Gasteiger partial charge in [-0.15, -0.1) is 0 Å². The molecule has 1 amide bonds. The first kappa shape index (κ1) is 27.2. The summed E-state index contributed by atoms with van der Waals surface area (Å²) in [5.74, 6) is -0.107. The molecule has 196 valence electrons. The Labute approximate surface area is 228 Å². The van der Waals surface area contributed by atoms with E-state index in [1.165, 1.54) is 24.3 Å². The fourth-order valence-corrected chi connectivity index (χ4v) is 5.77. The van der Waals surface area contributed by atoms with Crippen LogP contribution in [0, 0.1) is 6.92 Å². The summed E-state index contributed by atoms with van der Waals surface area (Å²) < 4.78 is 34.5. The molecule has 0 aliphatic carbocycles. The Balaban J connectivity index is 1.74. The largest absolute Gasteiger partial charge is 0.492 e. The molecule has 0 heterocycles. The lowest BCUT2D eigenvalue weighted by Crippen LogP contribution is -2.42. The van der Waals surface area contributed by atoms with Crippen LogP contribution in [0.4, 0.5) is 5.69 Å². The number of ether oxygens (including phenoxy) is 1. The molecule has 38 heavy (non-hydrogen) atoms. The average Bonchev–Trinajstić information content (AvgIpc) is 2.92. The number of halogens is 1. The van der Waals surface area contributed by atoms with Crippen molar-refractivity contribution in [1.29, 1.82) is 0 Å². The number of sulfonamides is 1. The maximum absolute atomic E-state index is 13.9. The molecule has 1 N–H and O–H groups in total. The first-order chi connectivity index (χ1) is 18.3. The maximum atomic E-state index is 13.9. The smallest absolute Gasteiger partial charge is 0.264 e. The van der Waals surface area contributed by atoms with Gasteiger partial charge in [0.25, 0.3) is 10.0 Å². The number of carbonyl (C=O) groups excluding carboxylic acids is 1. The van der Waals surface area contributed by atoms with Crippen molar-refractivity contribution in [2.75, 3.05) is 17.5 Å². The molecule has 0 aliphatic heterocycles. The number of benzene rings is 4. The zero-order valence-electron chi connectivity index (χ0n) is 21.2. The van der Waals surface area contributed by atoms with Crippen LogP contribution in [0.5, 0.6) is 5.75 Å². The number of amides is 1. The summed E-state index contributed by atoms with van der Waals surface area (Å²) >= 11 is 6.00. The Kier molecular flexibility index (Phi) is 8.71. The topological polar surface area (TPSA) is 75.7 Å². The molecule has 0 spiro atoms. The minimum absolute atomic E-state index is 0.0134. The molecule has 0 fully saturated rings. The Bertz CT molecular complexity index is 1490. The number of hydrogen-bond acceptors (Lipinski definition) is 4. The van der Waals surface area contributed by atoms with Crippen molar-refractivity contribution in [3.63, 3.8) is 0 Å². The number of nitrogens with zero attached hydrogens (tertiary/aromatic N) is 1. The van der Waals surface area contributed by atoms with Crippen molar-refractivity contribution in [3.8, 4) is 5.75 Å². The van der Waals surface area contributed by atoms with Crippen LogP contribution >= 0.6 is 11.6 Å². The zero-order valence-corrected chi connectivity index (χ0v) is 22.7. The van der Waals surface area contributed by atoms with Crippen molar-refractivity contribution in [2.24, 2.45) is 0 Å². The zero-order chi connectivity index (χ0) is 27.1. The van der Waals surface area contributed by atoms with Crippen molar-refractivity contribution >= 4 is 33.2 Å². The molecular formula is C30H29ClN2O4S. The fourth-order valence-electron chi connectivity index (χ4n) is 4.21. The van der Waals surface area contributed by atoms with Crippen LogP contribution in [0.1, 0.15) is 29.7 Å². The third-order valence-corrected chi connectivity index (χ3v) is 8.09. The summed E-state index contributed by atoms with van der Waals surface area (Å²) in [6, 6.07) is 29.5. The number of hydrogen-bond donors (Lipinski definition) is 1. The summed E-state index contributed by atoms with van der Waals surface area (Å²) in [4.78, 5) is 13.6. The van der Waals surface area contributed by atoms with E-state index in [0.717, 1.165) is 21.0 Å². The molecule has 0 aliphatic rings. The second-order valence-corrected chi connectivity index (χ2v) is 10.9. The van der Waals surface area contributed by atoms with E-state index in [2.05, 4.69) is 5.32 Å². The highest BCUT2D eigenvalue weighted by molar-refractivity contribution is 7.92. The van der Waals surface area contributed by atoms with Crippen molar-refractivity contribution in [3.05, 3.63) is 125 Å². The molecule has 6 nitrogen and oxygen atoms in total. The van der Waals surface area contributed by atoms with Crippen LogP contribution in [0.15, 0.2) is 108 Å². The van der Waals surface area contributed by atoms with Gasteiger partial charge in [0.15, 0.2) is 0 Å². The Morgan fingerprint density at radius 3 is 2.21 bits per heavy atom. The lowest BCUT2D eigenvalue weighted by Gasteiger charge is -2.28. The van der Waals surface area contributed by atoms with Gasteiger partial charge in [0.05, 0.1) is 23.2 Å². The van der Waals surface area contributed by atoms with Gasteiger partial charge in [-0.25, -0.2) is 8.42 Å². The predicted molar refractivity (Wildman–Crippen MR) is 151 cm³/mol. The number of anilines is 1.